The molecule has 0 bridgehead atoms. The minimum atomic E-state index is -0.234. The third-order valence-electron chi connectivity index (χ3n) is 5.62. The molecule has 30 heavy (non-hydrogen) atoms. The molecular formula is C25H32N2O3. The van der Waals surface area contributed by atoms with Gasteiger partial charge in [0.15, 0.2) is 0 Å². The predicted molar refractivity (Wildman–Crippen MR) is 119 cm³/mol. The van der Waals surface area contributed by atoms with E-state index in [-0.39, 0.29) is 18.4 Å². The molecule has 0 unspecified atom stereocenters. The van der Waals surface area contributed by atoms with E-state index >= 15 is 0 Å². The lowest BCUT2D eigenvalue weighted by molar-refractivity contribution is -0.131. The number of hydrogen-bond acceptors (Lipinski definition) is 3. The maximum absolute atomic E-state index is 12.5. The molecule has 1 aliphatic rings. The maximum Gasteiger partial charge on any atom is 0.251 e. The van der Waals surface area contributed by atoms with E-state index in [2.05, 4.69) is 36.5 Å². The van der Waals surface area contributed by atoms with Gasteiger partial charge in [-0.25, -0.2) is 0 Å². The molecule has 0 spiro atoms. The van der Waals surface area contributed by atoms with E-state index in [0.29, 0.717) is 18.1 Å². The highest BCUT2D eigenvalue weighted by Crippen LogP contribution is 2.21. The highest BCUT2D eigenvalue weighted by atomic mass is 16.5. The van der Waals surface area contributed by atoms with Crippen LogP contribution < -0.4 is 10.1 Å². The largest absolute Gasteiger partial charge is 0.494 e. The molecule has 1 saturated heterocycles. The summed E-state index contributed by atoms with van der Waals surface area (Å²) in [5.74, 6) is 1.13. The number of benzene rings is 2. The van der Waals surface area contributed by atoms with Crippen molar-refractivity contribution in [3.05, 3.63) is 65.7 Å². The summed E-state index contributed by atoms with van der Waals surface area (Å²) in [4.78, 5) is 26.7. The Bertz CT molecular complexity index is 797. The van der Waals surface area contributed by atoms with Crippen molar-refractivity contribution in [2.24, 2.45) is 5.92 Å². The molecule has 1 heterocycles. The molecule has 0 aromatic heterocycles. The molecule has 0 atom stereocenters. The van der Waals surface area contributed by atoms with Gasteiger partial charge in [0, 0.05) is 18.7 Å². The number of ether oxygens (including phenoxy) is 1. The van der Waals surface area contributed by atoms with E-state index in [9.17, 15) is 9.59 Å². The highest BCUT2D eigenvalue weighted by Gasteiger charge is 2.23. The van der Waals surface area contributed by atoms with Crippen molar-refractivity contribution in [2.75, 3.05) is 26.2 Å². The maximum atomic E-state index is 12.5. The van der Waals surface area contributed by atoms with Crippen molar-refractivity contribution in [2.45, 2.75) is 39.0 Å². The summed E-state index contributed by atoms with van der Waals surface area (Å²) < 4.78 is 5.61. The molecule has 2 aromatic rings. The number of piperidine rings is 1. The molecule has 1 fully saturated rings. The first-order valence-corrected chi connectivity index (χ1v) is 11.0. The predicted octanol–water partition coefficient (Wildman–Crippen LogP) is 4.08. The summed E-state index contributed by atoms with van der Waals surface area (Å²) in [6.07, 6.45) is 5.17. The smallest absolute Gasteiger partial charge is 0.251 e. The van der Waals surface area contributed by atoms with Crippen LogP contribution in [0.2, 0.25) is 0 Å². The van der Waals surface area contributed by atoms with E-state index in [4.69, 9.17) is 4.74 Å². The fourth-order valence-corrected chi connectivity index (χ4v) is 3.74. The van der Waals surface area contributed by atoms with Crippen molar-refractivity contribution in [1.82, 2.24) is 10.2 Å². The number of carbonyl (C=O) groups excluding carboxylic acids is 2. The molecule has 5 heteroatoms. The van der Waals surface area contributed by atoms with Crippen LogP contribution in [0.15, 0.2) is 54.6 Å². The van der Waals surface area contributed by atoms with Gasteiger partial charge in [0.05, 0.1) is 13.2 Å². The fraction of sp³-hybridized carbons (Fsp3) is 0.440. The van der Waals surface area contributed by atoms with Crippen LogP contribution in [0.4, 0.5) is 0 Å². The van der Waals surface area contributed by atoms with Crippen LogP contribution in [0.5, 0.6) is 5.75 Å². The zero-order chi connectivity index (χ0) is 21.2. The van der Waals surface area contributed by atoms with Gasteiger partial charge >= 0.3 is 0 Å². The Hall–Kier alpha value is -2.82. The molecule has 2 amide bonds. The first-order valence-electron chi connectivity index (χ1n) is 11.0. The number of nitrogens with one attached hydrogen (secondary N) is 1. The number of nitrogens with zero attached hydrogens (tertiary/aromatic N) is 1. The molecule has 2 aromatic carbocycles. The molecule has 1 aliphatic heterocycles. The third kappa shape index (κ3) is 6.61. The zero-order valence-electron chi connectivity index (χ0n) is 17.8. The van der Waals surface area contributed by atoms with Crippen molar-refractivity contribution in [3.8, 4) is 5.75 Å². The van der Waals surface area contributed by atoms with E-state index in [0.717, 1.165) is 50.9 Å². The SMILES string of the molecule is CCCCOc1ccc(C(=O)NCC(=O)N2CCC(Cc3ccccc3)CC2)cc1. The van der Waals surface area contributed by atoms with Crippen LogP contribution >= 0.6 is 0 Å². The van der Waals surface area contributed by atoms with Crippen LogP contribution in [0.3, 0.4) is 0 Å². The van der Waals surface area contributed by atoms with E-state index in [1.807, 2.05) is 11.0 Å². The molecule has 0 aliphatic carbocycles. The van der Waals surface area contributed by atoms with Gasteiger partial charge in [-0.2, -0.15) is 0 Å². The lowest BCUT2D eigenvalue weighted by Gasteiger charge is -2.32. The normalized spacial score (nSPS) is 14.4. The fourth-order valence-electron chi connectivity index (χ4n) is 3.74. The summed E-state index contributed by atoms with van der Waals surface area (Å²) >= 11 is 0. The number of likely N-dealkylation sites (tertiary alicyclic amines) is 1. The van der Waals surface area contributed by atoms with Gasteiger partial charge < -0.3 is 15.0 Å². The molecule has 1 N–H and O–H groups in total. The van der Waals surface area contributed by atoms with Gasteiger partial charge in [0.25, 0.3) is 5.91 Å². The number of hydrogen-bond donors (Lipinski definition) is 1. The van der Waals surface area contributed by atoms with Crippen LogP contribution in [0, 0.1) is 5.92 Å². The minimum Gasteiger partial charge on any atom is -0.494 e. The summed E-state index contributed by atoms with van der Waals surface area (Å²) in [5, 5.41) is 2.75. The summed E-state index contributed by atoms with van der Waals surface area (Å²) in [6.45, 7) is 4.35. The second kappa shape index (κ2) is 11.4. The molecule has 0 saturated carbocycles. The summed E-state index contributed by atoms with van der Waals surface area (Å²) in [6, 6.07) is 17.6. The Kier molecular flexibility index (Phi) is 8.30. The van der Waals surface area contributed by atoms with Gasteiger partial charge in [0.1, 0.15) is 5.75 Å². The van der Waals surface area contributed by atoms with Gasteiger partial charge in [0.2, 0.25) is 5.91 Å². The van der Waals surface area contributed by atoms with Gasteiger partial charge in [-0.3, -0.25) is 9.59 Å². The van der Waals surface area contributed by atoms with E-state index in [1.165, 1.54) is 5.56 Å². The average Bonchev–Trinajstić information content (AvgIpc) is 2.79. The lowest BCUT2D eigenvalue weighted by atomic mass is 9.90. The van der Waals surface area contributed by atoms with Crippen LogP contribution in [-0.4, -0.2) is 43.0 Å². The van der Waals surface area contributed by atoms with Gasteiger partial charge in [-0.15, -0.1) is 0 Å². The van der Waals surface area contributed by atoms with Crippen LogP contribution in [-0.2, 0) is 11.2 Å². The number of carbonyl (C=O) groups is 2. The van der Waals surface area contributed by atoms with Crippen molar-refractivity contribution < 1.29 is 14.3 Å². The zero-order valence-corrected chi connectivity index (χ0v) is 17.8. The first kappa shape index (κ1) is 21.9. The second-order valence-corrected chi connectivity index (χ2v) is 7.92. The minimum absolute atomic E-state index is 0.0129. The molecule has 160 valence electrons. The number of amides is 2. The summed E-state index contributed by atoms with van der Waals surface area (Å²) in [5.41, 5.74) is 1.89. The molecule has 5 nitrogen and oxygen atoms in total. The Morgan fingerprint density at radius 3 is 2.40 bits per heavy atom. The Balaban J connectivity index is 1.38. The van der Waals surface area contributed by atoms with E-state index < -0.39 is 0 Å². The van der Waals surface area contributed by atoms with Crippen LogP contribution in [0.25, 0.3) is 0 Å². The monoisotopic (exact) mass is 408 g/mol. The molecule has 3 rings (SSSR count). The summed E-state index contributed by atoms with van der Waals surface area (Å²) in [7, 11) is 0. The van der Waals surface area contributed by atoms with E-state index in [1.54, 1.807) is 24.3 Å². The van der Waals surface area contributed by atoms with Crippen molar-refractivity contribution >= 4 is 11.8 Å². The third-order valence-corrected chi connectivity index (χ3v) is 5.62. The highest BCUT2D eigenvalue weighted by molar-refractivity contribution is 5.96. The molecule has 0 radical (unpaired) electrons. The van der Waals surface area contributed by atoms with Gasteiger partial charge in [-0.05, 0) is 61.4 Å². The Morgan fingerprint density at radius 2 is 1.73 bits per heavy atom. The number of unbranched alkanes of at least 4 members (excludes halogenated alkanes) is 1. The Morgan fingerprint density at radius 1 is 1.03 bits per heavy atom. The quantitative estimate of drug-likeness (QED) is 0.636. The Labute approximate surface area is 179 Å². The van der Waals surface area contributed by atoms with Crippen LogP contribution in [0.1, 0.15) is 48.5 Å². The van der Waals surface area contributed by atoms with Gasteiger partial charge in [-0.1, -0.05) is 43.7 Å². The standard InChI is InChI=1S/C25H32N2O3/c1-2-3-17-30-23-11-9-22(10-12-23)25(29)26-19-24(28)27-15-13-21(14-16-27)18-20-7-5-4-6-8-20/h4-12,21H,2-3,13-19H2,1H3,(H,26,29). The second-order valence-electron chi connectivity index (χ2n) is 7.92. The number of rotatable bonds is 9. The lowest BCUT2D eigenvalue weighted by Crippen LogP contribution is -2.44. The topological polar surface area (TPSA) is 58.6 Å². The van der Waals surface area contributed by atoms with Crippen molar-refractivity contribution in [3.63, 3.8) is 0 Å². The first-order chi connectivity index (χ1) is 14.7. The van der Waals surface area contributed by atoms with Crippen molar-refractivity contribution in [1.29, 1.82) is 0 Å². The average molecular weight is 409 g/mol. The molecular weight excluding hydrogens is 376 g/mol.